The Bertz CT molecular complexity index is 457. The van der Waals surface area contributed by atoms with Crippen LogP contribution in [0, 0.1) is 12.8 Å². The Kier molecular flexibility index (Phi) is 6.81. The van der Waals surface area contributed by atoms with E-state index in [1.54, 1.807) is 6.08 Å². The number of benzene rings is 1. The number of aliphatic hydroxyl groups is 1. The van der Waals surface area contributed by atoms with Crippen molar-refractivity contribution in [2.45, 2.75) is 20.3 Å². The zero-order valence-corrected chi connectivity index (χ0v) is 12.9. The number of amides is 1. The van der Waals surface area contributed by atoms with Crippen LogP contribution in [0.3, 0.4) is 0 Å². The van der Waals surface area contributed by atoms with Crippen molar-refractivity contribution in [1.82, 2.24) is 5.32 Å². The molecule has 0 aromatic heterocycles. The van der Waals surface area contributed by atoms with E-state index < -0.39 is 0 Å². The summed E-state index contributed by atoms with van der Waals surface area (Å²) in [5.41, 5.74) is 2.15. The molecule has 0 spiro atoms. The minimum atomic E-state index is -0.114. The van der Waals surface area contributed by atoms with Gasteiger partial charge in [0.05, 0.1) is 0 Å². The summed E-state index contributed by atoms with van der Waals surface area (Å²) in [6.45, 7) is 4.76. The fraction of sp³-hybridized carbons (Fsp3) is 0.400. The standard InChI is InChI=1S/C15H20BrNO2/c1-11-3-4-13(14(16)9-11)5-6-15(19)17-10-12(2)7-8-18/h3-6,9,12,18H,7-8,10H2,1-2H3,(H,17,19). The molecule has 4 heteroatoms. The molecule has 1 aromatic rings. The van der Waals surface area contributed by atoms with Crippen molar-refractivity contribution in [3.63, 3.8) is 0 Å². The van der Waals surface area contributed by atoms with E-state index in [1.165, 1.54) is 11.6 Å². The lowest BCUT2D eigenvalue weighted by atomic mass is 10.1. The maximum atomic E-state index is 11.6. The van der Waals surface area contributed by atoms with Crippen molar-refractivity contribution in [3.8, 4) is 0 Å². The molecule has 1 aromatic carbocycles. The first-order chi connectivity index (χ1) is 9.02. The number of nitrogens with one attached hydrogen (secondary N) is 1. The van der Waals surface area contributed by atoms with Crippen molar-refractivity contribution >= 4 is 27.9 Å². The third kappa shape index (κ3) is 6.03. The third-order valence-electron chi connectivity index (χ3n) is 2.82. The van der Waals surface area contributed by atoms with Crippen molar-refractivity contribution in [2.24, 2.45) is 5.92 Å². The van der Waals surface area contributed by atoms with Crippen molar-refractivity contribution < 1.29 is 9.90 Å². The summed E-state index contributed by atoms with van der Waals surface area (Å²) < 4.78 is 0.977. The topological polar surface area (TPSA) is 49.3 Å². The Morgan fingerprint density at radius 3 is 2.89 bits per heavy atom. The molecule has 3 nitrogen and oxygen atoms in total. The maximum Gasteiger partial charge on any atom is 0.244 e. The number of aryl methyl sites for hydroxylation is 1. The van der Waals surface area contributed by atoms with Crippen LogP contribution in [0.2, 0.25) is 0 Å². The van der Waals surface area contributed by atoms with Gasteiger partial charge in [-0.3, -0.25) is 4.79 Å². The highest BCUT2D eigenvalue weighted by molar-refractivity contribution is 9.10. The number of aliphatic hydroxyl groups excluding tert-OH is 1. The third-order valence-corrected chi connectivity index (χ3v) is 3.50. The van der Waals surface area contributed by atoms with Gasteiger partial charge in [-0.2, -0.15) is 0 Å². The van der Waals surface area contributed by atoms with Crippen LogP contribution >= 0.6 is 15.9 Å². The zero-order chi connectivity index (χ0) is 14.3. The predicted octanol–water partition coefficient (Wildman–Crippen LogP) is 2.91. The van der Waals surface area contributed by atoms with E-state index in [0.717, 1.165) is 10.0 Å². The largest absolute Gasteiger partial charge is 0.396 e. The average Bonchev–Trinajstić information content (AvgIpc) is 2.35. The minimum absolute atomic E-state index is 0.114. The molecule has 1 amide bonds. The monoisotopic (exact) mass is 325 g/mol. The number of carbonyl (C=O) groups is 1. The summed E-state index contributed by atoms with van der Waals surface area (Å²) in [5.74, 6) is 0.172. The van der Waals surface area contributed by atoms with Gasteiger partial charge in [-0.05, 0) is 42.5 Å². The fourth-order valence-electron chi connectivity index (χ4n) is 1.59. The molecular formula is C15H20BrNO2. The fourth-order valence-corrected chi connectivity index (χ4v) is 2.21. The summed E-state index contributed by atoms with van der Waals surface area (Å²) in [5, 5.41) is 11.6. The van der Waals surface area contributed by atoms with Crippen molar-refractivity contribution in [3.05, 3.63) is 39.9 Å². The molecule has 1 atom stereocenters. The van der Waals surface area contributed by atoms with E-state index in [-0.39, 0.29) is 18.4 Å². The second-order valence-corrected chi connectivity index (χ2v) is 5.58. The Morgan fingerprint density at radius 1 is 1.53 bits per heavy atom. The van der Waals surface area contributed by atoms with E-state index in [0.29, 0.717) is 13.0 Å². The smallest absolute Gasteiger partial charge is 0.244 e. The highest BCUT2D eigenvalue weighted by atomic mass is 79.9. The van der Waals surface area contributed by atoms with Crippen LogP contribution in [0.15, 0.2) is 28.7 Å². The first-order valence-corrected chi connectivity index (χ1v) is 7.15. The Labute approximate surface area is 122 Å². The minimum Gasteiger partial charge on any atom is -0.396 e. The number of rotatable bonds is 6. The Morgan fingerprint density at radius 2 is 2.26 bits per heavy atom. The van der Waals surface area contributed by atoms with Crippen LogP contribution in [0.4, 0.5) is 0 Å². The van der Waals surface area contributed by atoms with Gasteiger partial charge in [0.15, 0.2) is 0 Å². The highest BCUT2D eigenvalue weighted by Gasteiger charge is 2.03. The van der Waals surface area contributed by atoms with Crippen LogP contribution in [0.5, 0.6) is 0 Å². The van der Waals surface area contributed by atoms with Gasteiger partial charge in [0.25, 0.3) is 0 Å². The number of hydrogen-bond donors (Lipinski definition) is 2. The summed E-state index contributed by atoms with van der Waals surface area (Å²) in [6.07, 6.45) is 4.02. The van der Waals surface area contributed by atoms with E-state index in [1.807, 2.05) is 32.0 Å². The van der Waals surface area contributed by atoms with Crippen LogP contribution in [-0.2, 0) is 4.79 Å². The lowest BCUT2D eigenvalue weighted by Gasteiger charge is -2.09. The average molecular weight is 326 g/mol. The molecule has 0 saturated carbocycles. The second kappa shape index (κ2) is 8.12. The molecule has 19 heavy (non-hydrogen) atoms. The van der Waals surface area contributed by atoms with Gasteiger partial charge in [-0.1, -0.05) is 35.0 Å². The molecule has 0 heterocycles. The number of carbonyl (C=O) groups excluding carboxylic acids is 1. The maximum absolute atomic E-state index is 11.6. The molecule has 0 radical (unpaired) electrons. The number of hydrogen-bond acceptors (Lipinski definition) is 2. The molecular weight excluding hydrogens is 306 g/mol. The van der Waals surface area contributed by atoms with Gasteiger partial charge in [0.1, 0.15) is 0 Å². The lowest BCUT2D eigenvalue weighted by Crippen LogP contribution is -2.26. The summed E-state index contributed by atoms with van der Waals surface area (Å²) >= 11 is 3.47. The Hall–Kier alpha value is -1.13. The predicted molar refractivity (Wildman–Crippen MR) is 81.8 cm³/mol. The lowest BCUT2D eigenvalue weighted by molar-refractivity contribution is -0.116. The van der Waals surface area contributed by atoms with E-state index >= 15 is 0 Å². The van der Waals surface area contributed by atoms with Crippen LogP contribution in [0.25, 0.3) is 6.08 Å². The molecule has 0 aliphatic heterocycles. The first-order valence-electron chi connectivity index (χ1n) is 6.36. The molecule has 1 unspecified atom stereocenters. The van der Waals surface area contributed by atoms with Gasteiger partial charge < -0.3 is 10.4 Å². The van der Waals surface area contributed by atoms with Gasteiger partial charge in [0, 0.05) is 23.7 Å². The molecule has 104 valence electrons. The second-order valence-electron chi connectivity index (χ2n) is 4.72. The summed E-state index contributed by atoms with van der Waals surface area (Å²) in [4.78, 5) is 11.6. The van der Waals surface area contributed by atoms with Crippen LogP contribution < -0.4 is 5.32 Å². The number of halogens is 1. The molecule has 1 rings (SSSR count). The first kappa shape index (κ1) is 15.9. The van der Waals surface area contributed by atoms with Crippen molar-refractivity contribution in [1.29, 1.82) is 0 Å². The van der Waals surface area contributed by atoms with Gasteiger partial charge in [-0.25, -0.2) is 0 Å². The van der Waals surface area contributed by atoms with E-state index in [2.05, 4.69) is 21.2 Å². The van der Waals surface area contributed by atoms with E-state index in [9.17, 15) is 4.79 Å². The molecule has 0 saturated heterocycles. The Balaban J connectivity index is 2.49. The van der Waals surface area contributed by atoms with Gasteiger partial charge in [-0.15, -0.1) is 0 Å². The zero-order valence-electron chi connectivity index (χ0n) is 11.3. The van der Waals surface area contributed by atoms with Crippen LogP contribution in [0.1, 0.15) is 24.5 Å². The van der Waals surface area contributed by atoms with Gasteiger partial charge >= 0.3 is 0 Å². The SMILES string of the molecule is Cc1ccc(C=CC(=O)NCC(C)CCO)c(Br)c1. The molecule has 0 aliphatic rings. The molecule has 0 fully saturated rings. The van der Waals surface area contributed by atoms with Crippen LogP contribution in [-0.4, -0.2) is 24.2 Å². The normalized spacial score (nSPS) is 12.6. The van der Waals surface area contributed by atoms with Crippen molar-refractivity contribution in [2.75, 3.05) is 13.2 Å². The quantitative estimate of drug-likeness (QED) is 0.790. The molecule has 0 aliphatic carbocycles. The highest BCUT2D eigenvalue weighted by Crippen LogP contribution is 2.19. The molecule has 2 N–H and O–H groups in total. The molecule has 0 bridgehead atoms. The van der Waals surface area contributed by atoms with Gasteiger partial charge in [0.2, 0.25) is 5.91 Å². The van der Waals surface area contributed by atoms with E-state index in [4.69, 9.17) is 5.11 Å². The summed E-state index contributed by atoms with van der Waals surface area (Å²) in [6, 6.07) is 5.99. The summed E-state index contributed by atoms with van der Waals surface area (Å²) in [7, 11) is 0.